The van der Waals surface area contributed by atoms with Crippen molar-refractivity contribution in [2.24, 2.45) is 0 Å². The summed E-state index contributed by atoms with van der Waals surface area (Å²) in [6.45, 7) is 0. The topological polar surface area (TPSA) is 80.0 Å². The average molecular weight is 357 g/mol. The molecule has 9 heteroatoms. The summed E-state index contributed by atoms with van der Waals surface area (Å²) < 4.78 is 6.02. The molecule has 2 aromatic heterocycles. The van der Waals surface area contributed by atoms with Gasteiger partial charge in [0.1, 0.15) is 0 Å². The number of hydrogen-bond acceptors (Lipinski definition) is 7. The van der Waals surface area contributed by atoms with Crippen molar-refractivity contribution in [3.63, 3.8) is 0 Å². The van der Waals surface area contributed by atoms with Crippen LogP contribution in [0.3, 0.4) is 0 Å². The van der Waals surface area contributed by atoms with Gasteiger partial charge in [-0.25, -0.2) is 0 Å². The third-order valence-electron chi connectivity index (χ3n) is 3.99. The van der Waals surface area contributed by atoms with Crippen LogP contribution in [-0.4, -0.2) is 34.2 Å². The molecule has 1 amide bonds. The minimum atomic E-state index is -0.0141. The monoisotopic (exact) mass is 356 g/mol. The van der Waals surface area contributed by atoms with Crippen molar-refractivity contribution in [1.29, 1.82) is 0 Å². The summed E-state index contributed by atoms with van der Waals surface area (Å²) >= 11 is 8.30. The molecule has 6 nitrogen and oxygen atoms in total. The number of hydrogen-bond donors (Lipinski definition) is 2. The summed E-state index contributed by atoms with van der Waals surface area (Å²) in [6, 6.07) is 4.96. The fourth-order valence-electron chi connectivity index (χ4n) is 3.04. The molecule has 2 N–H and O–H groups in total. The summed E-state index contributed by atoms with van der Waals surface area (Å²) in [4.78, 5) is 13.0. The van der Waals surface area contributed by atoms with Gasteiger partial charge in [-0.3, -0.25) is 4.79 Å². The minimum absolute atomic E-state index is 0.0141. The maximum atomic E-state index is 12.3. The van der Waals surface area contributed by atoms with E-state index in [4.69, 9.17) is 16.0 Å². The van der Waals surface area contributed by atoms with Gasteiger partial charge in [0.2, 0.25) is 0 Å². The molecular weight excluding hydrogens is 344 g/mol. The first-order valence-corrected chi connectivity index (χ1v) is 9.02. The molecular formula is C13H13ClN4O2S2. The van der Waals surface area contributed by atoms with Gasteiger partial charge in [0, 0.05) is 18.1 Å². The van der Waals surface area contributed by atoms with E-state index in [-0.39, 0.29) is 17.3 Å². The molecule has 22 heavy (non-hydrogen) atoms. The first-order valence-electron chi connectivity index (χ1n) is 7.01. The summed E-state index contributed by atoms with van der Waals surface area (Å²) in [7, 11) is 0. The molecule has 2 bridgehead atoms. The van der Waals surface area contributed by atoms with Crippen molar-refractivity contribution in [2.75, 3.05) is 0 Å². The number of amides is 1. The van der Waals surface area contributed by atoms with Crippen LogP contribution in [0.1, 0.15) is 28.9 Å². The smallest absolute Gasteiger partial charge is 0.313 e. The van der Waals surface area contributed by atoms with Gasteiger partial charge in [0.15, 0.2) is 0 Å². The highest BCUT2D eigenvalue weighted by atomic mass is 35.5. The average Bonchev–Trinajstić information content (AvgIpc) is 3.24. The SMILES string of the molecule is O=C(N[C@@H]1C[C@H]2CC[C@@H]1N2)c1ccc(Sc2nnc(Cl)o2)s1. The van der Waals surface area contributed by atoms with Crippen molar-refractivity contribution >= 4 is 40.6 Å². The molecule has 2 aromatic rings. The Balaban J connectivity index is 1.39. The van der Waals surface area contributed by atoms with Crippen LogP contribution in [0.2, 0.25) is 5.35 Å². The molecule has 4 rings (SSSR count). The molecule has 2 aliphatic rings. The lowest BCUT2D eigenvalue weighted by atomic mass is 9.95. The standard InChI is InChI=1S/C13H13ClN4O2S2/c14-12-17-18-13(20-12)22-10-4-3-9(21-10)11(19)16-8-5-6-1-2-7(8)15-6/h3-4,6-8,15H,1-2,5H2,(H,16,19)/t6-,7+,8-/m1/s1. The highest BCUT2D eigenvalue weighted by Gasteiger charge is 2.39. The van der Waals surface area contributed by atoms with E-state index in [0.717, 1.165) is 17.1 Å². The van der Waals surface area contributed by atoms with Gasteiger partial charge in [-0.15, -0.1) is 11.3 Å². The zero-order valence-electron chi connectivity index (χ0n) is 11.4. The van der Waals surface area contributed by atoms with Crippen LogP contribution in [-0.2, 0) is 0 Å². The van der Waals surface area contributed by atoms with E-state index < -0.39 is 0 Å². The molecule has 3 atom stereocenters. The lowest BCUT2D eigenvalue weighted by Crippen LogP contribution is -2.42. The third kappa shape index (κ3) is 2.88. The lowest BCUT2D eigenvalue weighted by Gasteiger charge is -2.20. The van der Waals surface area contributed by atoms with Gasteiger partial charge in [-0.1, -0.05) is 10.2 Å². The van der Waals surface area contributed by atoms with Crippen LogP contribution >= 0.6 is 34.7 Å². The summed E-state index contributed by atoms with van der Waals surface area (Å²) in [5, 5.41) is 14.4. The predicted octanol–water partition coefficient (Wildman–Crippen LogP) is 2.56. The van der Waals surface area contributed by atoms with Crippen molar-refractivity contribution in [1.82, 2.24) is 20.8 Å². The maximum Gasteiger partial charge on any atom is 0.313 e. The zero-order chi connectivity index (χ0) is 15.1. The second-order valence-corrected chi connectivity index (χ2v) is 8.06. The fourth-order valence-corrected chi connectivity index (χ4v) is 5.00. The highest BCUT2D eigenvalue weighted by Crippen LogP contribution is 2.34. The fraction of sp³-hybridized carbons (Fsp3) is 0.462. The van der Waals surface area contributed by atoms with Crippen LogP contribution in [0.4, 0.5) is 0 Å². The Labute approximate surface area is 140 Å². The number of rotatable bonds is 4. The number of nitrogens with one attached hydrogen (secondary N) is 2. The van der Waals surface area contributed by atoms with E-state index >= 15 is 0 Å². The Kier molecular flexibility index (Phi) is 3.85. The van der Waals surface area contributed by atoms with Crippen molar-refractivity contribution in [3.05, 3.63) is 22.4 Å². The van der Waals surface area contributed by atoms with Gasteiger partial charge in [-0.05, 0) is 54.8 Å². The van der Waals surface area contributed by atoms with E-state index in [9.17, 15) is 4.79 Å². The quantitative estimate of drug-likeness (QED) is 0.876. The maximum absolute atomic E-state index is 12.3. The van der Waals surface area contributed by atoms with E-state index in [2.05, 4.69) is 20.8 Å². The molecule has 0 unspecified atom stereocenters. The van der Waals surface area contributed by atoms with E-state index in [0.29, 0.717) is 22.2 Å². The molecule has 2 fully saturated rings. The van der Waals surface area contributed by atoms with Gasteiger partial charge < -0.3 is 15.1 Å². The summed E-state index contributed by atoms with van der Waals surface area (Å²) in [6.07, 6.45) is 3.41. The van der Waals surface area contributed by atoms with Crippen LogP contribution in [0.5, 0.6) is 0 Å². The van der Waals surface area contributed by atoms with Crippen LogP contribution in [0, 0.1) is 0 Å². The number of carbonyl (C=O) groups is 1. The van der Waals surface area contributed by atoms with Gasteiger partial charge in [0.05, 0.1) is 9.09 Å². The Morgan fingerprint density at radius 2 is 2.36 bits per heavy atom. The van der Waals surface area contributed by atoms with Gasteiger partial charge >= 0.3 is 5.35 Å². The molecule has 0 radical (unpaired) electrons. The second-order valence-electron chi connectivity index (χ2n) is 5.40. The number of carbonyl (C=O) groups excluding carboxylic acids is 1. The molecule has 2 saturated heterocycles. The first kappa shape index (κ1) is 14.5. The second kappa shape index (κ2) is 5.84. The highest BCUT2D eigenvalue weighted by molar-refractivity contribution is 8.01. The Morgan fingerprint density at radius 3 is 3.05 bits per heavy atom. The van der Waals surface area contributed by atoms with Crippen molar-refractivity contribution in [2.45, 2.75) is 46.8 Å². The normalized spacial score (nSPS) is 26.5. The number of fused-ring (bicyclic) bond motifs is 2. The number of halogens is 1. The molecule has 4 heterocycles. The number of aromatic nitrogens is 2. The first-order chi connectivity index (χ1) is 10.7. The van der Waals surface area contributed by atoms with Gasteiger partial charge in [0.25, 0.3) is 11.1 Å². The minimum Gasteiger partial charge on any atom is -0.402 e. The lowest BCUT2D eigenvalue weighted by molar-refractivity contribution is 0.0935. The molecule has 0 aliphatic carbocycles. The Bertz CT molecular complexity index is 704. The number of thiophene rings is 1. The molecule has 0 aromatic carbocycles. The largest absolute Gasteiger partial charge is 0.402 e. The summed E-state index contributed by atoms with van der Waals surface area (Å²) in [5.74, 6) is -0.0141. The van der Waals surface area contributed by atoms with E-state index in [1.54, 1.807) is 0 Å². The molecule has 2 aliphatic heterocycles. The van der Waals surface area contributed by atoms with Gasteiger partial charge in [-0.2, -0.15) is 0 Å². The summed E-state index contributed by atoms with van der Waals surface area (Å²) in [5.41, 5.74) is 0. The molecule has 0 saturated carbocycles. The van der Waals surface area contributed by atoms with Crippen LogP contribution < -0.4 is 10.6 Å². The third-order valence-corrected chi connectivity index (χ3v) is 6.20. The van der Waals surface area contributed by atoms with E-state index in [1.807, 2.05) is 12.1 Å². The van der Waals surface area contributed by atoms with Crippen molar-refractivity contribution in [3.8, 4) is 0 Å². The van der Waals surface area contributed by atoms with E-state index in [1.165, 1.54) is 29.5 Å². The van der Waals surface area contributed by atoms with Crippen LogP contribution in [0.25, 0.3) is 0 Å². The molecule has 116 valence electrons. The zero-order valence-corrected chi connectivity index (χ0v) is 13.8. The number of nitrogens with zero attached hydrogens (tertiary/aromatic N) is 2. The Hall–Kier alpha value is -1.09. The molecule has 0 spiro atoms. The predicted molar refractivity (Wildman–Crippen MR) is 83.6 cm³/mol. The van der Waals surface area contributed by atoms with Crippen LogP contribution in [0.15, 0.2) is 26.0 Å². The Morgan fingerprint density at radius 1 is 1.45 bits per heavy atom. The van der Waals surface area contributed by atoms with Crippen molar-refractivity contribution < 1.29 is 9.21 Å².